The molecule has 4 amide bonds. The molecule has 8 nitrogen and oxygen atoms in total. The summed E-state index contributed by atoms with van der Waals surface area (Å²) >= 11 is 0. The van der Waals surface area contributed by atoms with E-state index in [-0.39, 0.29) is 18.9 Å². The SMILES string of the molecule is O=C(Cc1ccccc1)NCC(=O)OCC(=O)NC(=O)Nc1ccccc1. The first-order chi connectivity index (χ1) is 13.0. The molecule has 0 aliphatic rings. The molecule has 3 N–H and O–H groups in total. The summed E-state index contributed by atoms with van der Waals surface area (Å²) in [6.45, 7) is -0.995. The van der Waals surface area contributed by atoms with Crippen molar-refractivity contribution in [3.8, 4) is 0 Å². The normalized spacial score (nSPS) is 9.78. The smallest absolute Gasteiger partial charge is 0.325 e. The monoisotopic (exact) mass is 369 g/mol. The van der Waals surface area contributed by atoms with E-state index in [4.69, 9.17) is 4.74 Å². The Bertz CT molecular complexity index is 794. The Balaban J connectivity index is 1.62. The van der Waals surface area contributed by atoms with Gasteiger partial charge in [0.25, 0.3) is 5.91 Å². The van der Waals surface area contributed by atoms with Gasteiger partial charge in [0.1, 0.15) is 6.54 Å². The number of hydrogen-bond donors (Lipinski definition) is 3. The van der Waals surface area contributed by atoms with E-state index in [9.17, 15) is 19.2 Å². The number of nitrogens with one attached hydrogen (secondary N) is 3. The Morgan fingerprint density at radius 3 is 2.11 bits per heavy atom. The van der Waals surface area contributed by atoms with E-state index in [0.29, 0.717) is 5.69 Å². The number of benzene rings is 2. The van der Waals surface area contributed by atoms with E-state index in [1.165, 1.54) is 0 Å². The number of rotatable bonds is 7. The van der Waals surface area contributed by atoms with E-state index in [0.717, 1.165) is 5.56 Å². The summed E-state index contributed by atoms with van der Waals surface area (Å²) < 4.78 is 4.71. The summed E-state index contributed by atoms with van der Waals surface area (Å²) in [6.07, 6.45) is 0.133. The zero-order chi connectivity index (χ0) is 19.5. The second-order valence-electron chi connectivity index (χ2n) is 5.47. The summed E-state index contributed by atoms with van der Waals surface area (Å²) in [5, 5.41) is 6.89. The topological polar surface area (TPSA) is 114 Å². The van der Waals surface area contributed by atoms with Crippen molar-refractivity contribution in [2.75, 3.05) is 18.5 Å². The Kier molecular flexibility index (Phi) is 7.52. The number of urea groups is 1. The molecule has 0 saturated heterocycles. The summed E-state index contributed by atoms with van der Waals surface area (Å²) in [7, 11) is 0. The molecule has 0 saturated carbocycles. The van der Waals surface area contributed by atoms with Crippen LogP contribution in [0.25, 0.3) is 0 Å². The van der Waals surface area contributed by atoms with Crippen LogP contribution in [0.4, 0.5) is 10.5 Å². The van der Waals surface area contributed by atoms with Gasteiger partial charge in [0.2, 0.25) is 5.91 Å². The quantitative estimate of drug-likeness (QED) is 0.636. The Morgan fingerprint density at radius 2 is 1.44 bits per heavy atom. The molecule has 2 aromatic carbocycles. The lowest BCUT2D eigenvalue weighted by atomic mass is 10.1. The zero-order valence-corrected chi connectivity index (χ0v) is 14.4. The van der Waals surface area contributed by atoms with Gasteiger partial charge in [-0.2, -0.15) is 0 Å². The summed E-state index contributed by atoms with van der Waals surface area (Å²) in [5.41, 5.74) is 1.33. The van der Waals surface area contributed by atoms with Gasteiger partial charge in [-0.1, -0.05) is 48.5 Å². The van der Waals surface area contributed by atoms with Gasteiger partial charge in [0.05, 0.1) is 6.42 Å². The van der Waals surface area contributed by atoms with Crippen molar-refractivity contribution in [1.82, 2.24) is 10.6 Å². The highest BCUT2D eigenvalue weighted by molar-refractivity contribution is 6.01. The molecular formula is C19H19N3O5. The lowest BCUT2D eigenvalue weighted by Gasteiger charge is -2.08. The first kappa shape index (κ1) is 19.6. The molecule has 0 aliphatic heterocycles. The minimum absolute atomic E-state index is 0.133. The maximum absolute atomic E-state index is 11.7. The predicted octanol–water partition coefficient (Wildman–Crippen LogP) is 1.24. The van der Waals surface area contributed by atoms with Crippen LogP contribution in [0, 0.1) is 0 Å². The van der Waals surface area contributed by atoms with E-state index >= 15 is 0 Å². The third-order valence-corrected chi connectivity index (χ3v) is 3.29. The van der Waals surface area contributed by atoms with Gasteiger partial charge in [0, 0.05) is 5.69 Å². The molecule has 0 atom stereocenters. The van der Waals surface area contributed by atoms with Crippen molar-refractivity contribution in [2.24, 2.45) is 0 Å². The maximum Gasteiger partial charge on any atom is 0.325 e. The third kappa shape index (κ3) is 7.82. The number of carbonyl (C=O) groups is 4. The predicted molar refractivity (Wildman–Crippen MR) is 97.7 cm³/mol. The van der Waals surface area contributed by atoms with Crippen LogP contribution in [0.15, 0.2) is 60.7 Å². The molecule has 0 heterocycles. The number of carbonyl (C=O) groups excluding carboxylic acids is 4. The lowest BCUT2D eigenvalue weighted by Crippen LogP contribution is -2.38. The molecule has 140 valence electrons. The van der Waals surface area contributed by atoms with Crippen molar-refractivity contribution in [3.05, 3.63) is 66.2 Å². The highest BCUT2D eigenvalue weighted by atomic mass is 16.5. The molecule has 0 unspecified atom stereocenters. The van der Waals surface area contributed by atoms with Crippen LogP contribution in [0.2, 0.25) is 0 Å². The molecule has 8 heteroatoms. The second-order valence-corrected chi connectivity index (χ2v) is 5.47. The second kappa shape index (κ2) is 10.3. The number of anilines is 1. The molecular weight excluding hydrogens is 350 g/mol. The highest BCUT2D eigenvalue weighted by Crippen LogP contribution is 2.04. The Labute approximate surface area is 155 Å². The van der Waals surface area contributed by atoms with E-state index in [2.05, 4.69) is 10.6 Å². The van der Waals surface area contributed by atoms with Crippen LogP contribution in [0.1, 0.15) is 5.56 Å². The average Bonchev–Trinajstić information content (AvgIpc) is 2.66. The average molecular weight is 369 g/mol. The Morgan fingerprint density at radius 1 is 0.815 bits per heavy atom. The van der Waals surface area contributed by atoms with Gasteiger partial charge >= 0.3 is 12.0 Å². The van der Waals surface area contributed by atoms with E-state index in [1.54, 1.807) is 42.5 Å². The number of ether oxygens (including phenoxy) is 1. The number of para-hydroxylation sites is 1. The van der Waals surface area contributed by atoms with Gasteiger partial charge in [-0.15, -0.1) is 0 Å². The lowest BCUT2D eigenvalue weighted by molar-refractivity contribution is -0.148. The van der Waals surface area contributed by atoms with Crippen LogP contribution < -0.4 is 16.0 Å². The van der Waals surface area contributed by atoms with Gasteiger partial charge in [-0.05, 0) is 17.7 Å². The minimum atomic E-state index is -0.785. The van der Waals surface area contributed by atoms with Gasteiger partial charge in [0.15, 0.2) is 6.61 Å². The highest BCUT2D eigenvalue weighted by Gasteiger charge is 2.12. The largest absolute Gasteiger partial charge is 0.454 e. The van der Waals surface area contributed by atoms with Crippen molar-refractivity contribution < 1.29 is 23.9 Å². The van der Waals surface area contributed by atoms with Crippen molar-refractivity contribution in [3.63, 3.8) is 0 Å². The summed E-state index contributed by atoms with van der Waals surface area (Å²) in [5.74, 6) is -1.91. The van der Waals surface area contributed by atoms with Crippen LogP contribution >= 0.6 is 0 Å². The first-order valence-corrected chi connectivity index (χ1v) is 8.15. The maximum atomic E-state index is 11.7. The fraction of sp³-hybridized carbons (Fsp3) is 0.158. The molecule has 0 aliphatic carbocycles. The fourth-order valence-electron chi connectivity index (χ4n) is 2.06. The van der Waals surface area contributed by atoms with E-state index < -0.39 is 24.5 Å². The van der Waals surface area contributed by atoms with Crippen molar-refractivity contribution in [2.45, 2.75) is 6.42 Å². The molecule has 0 fully saturated rings. The molecule has 27 heavy (non-hydrogen) atoms. The fourth-order valence-corrected chi connectivity index (χ4v) is 2.06. The zero-order valence-electron chi connectivity index (χ0n) is 14.4. The standard InChI is InChI=1S/C19H19N3O5/c23-16(11-14-7-3-1-4-8-14)20-12-18(25)27-13-17(24)22-19(26)21-15-9-5-2-6-10-15/h1-10H,11-13H2,(H,20,23)(H2,21,22,24,26). The van der Waals surface area contributed by atoms with Crippen molar-refractivity contribution in [1.29, 1.82) is 0 Å². The van der Waals surface area contributed by atoms with Crippen molar-refractivity contribution >= 4 is 29.5 Å². The summed E-state index contributed by atoms with van der Waals surface area (Å²) in [6, 6.07) is 16.9. The van der Waals surface area contributed by atoms with Crippen LogP contribution in [0.3, 0.4) is 0 Å². The van der Waals surface area contributed by atoms with Gasteiger partial charge in [-0.25, -0.2) is 4.79 Å². The molecule has 0 aromatic heterocycles. The summed E-state index contributed by atoms with van der Waals surface area (Å²) in [4.78, 5) is 46.5. The third-order valence-electron chi connectivity index (χ3n) is 3.29. The number of imide groups is 1. The first-order valence-electron chi connectivity index (χ1n) is 8.15. The van der Waals surface area contributed by atoms with Crippen LogP contribution in [0.5, 0.6) is 0 Å². The number of esters is 1. The number of hydrogen-bond acceptors (Lipinski definition) is 5. The minimum Gasteiger partial charge on any atom is -0.454 e. The molecule has 0 spiro atoms. The van der Waals surface area contributed by atoms with E-state index in [1.807, 2.05) is 23.5 Å². The molecule has 2 rings (SSSR count). The van der Waals surface area contributed by atoms with Gasteiger partial charge in [-0.3, -0.25) is 19.7 Å². The number of amides is 4. The molecule has 0 bridgehead atoms. The molecule has 0 radical (unpaired) electrons. The molecule has 2 aromatic rings. The van der Waals surface area contributed by atoms with Gasteiger partial charge < -0.3 is 15.4 Å². The Hall–Kier alpha value is -3.68. The van der Waals surface area contributed by atoms with Crippen LogP contribution in [-0.2, 0) is 25.5 Å². The van der Waals surface area contributed by atoms with Crippen LogP contribution in [-0.4, -0.2) is 37.0 Å².